The van der Waals surface area contributed by atoms with Crippen LogP contribution in [0.3, 0.4) is 0 Å². The molecular formula is C23H23ClN6O2. The van der Waals surface area contributed by atoms with Gasteiger partial charge in [-0.15, -0.1) is 0 Å². The van der Waals surface area contributed by atoms with Gasteiger partial charge in [0.25, 0.3) is 5.91 Å². The number of halogens is 1. The Kier molecular flexibility index (Phi) is 5.32. The minimum atomic E-state index is -0.121. The topological polar surface area (TPSA) is 66.2 Å². The summed E-state index contributed by atoms with van der Waals surface area (Å²) in [5.74, 6) is 0.536. The molecule has 0 atom stereocenters. The number of oxime groups is 1. The summed E-state index contributed by atoms with van der Waals surface area (Å²) in [5.41, 5.74) is 3.99. The number of hydrogen-bond acceptors (Lipinski definition) is 6. The molecule has 2 aromatic carbocycles. The van der Waals surface area contributed by atoms with E-state index in [0.29, 0.717) is 47.7 Å². The van der Waals surface area contributed by atoms with E-state index in [4.69, 9.17) is 16.4 Å². The smallest absolute Gasteiger partial charge is 0.257 e. The second-order valence-electron chi connectivity index (χ2n) is 8.06. The molecule has 0 spiro atoms. The second kappa shape index (κ2) is 8.29. The minimum absolute atomic E-state index is 0.121. The largest absolute Gasteiger partial charge is 0.372 e. The van der Waals surface area contributed by atoms with Crippen LogP contribution in [0.2, 0.25) is 5.02 Å². The summed E-state index contributed by atoms with van der Waals surface area (Å²) in [5, 5.41) is 4.71. The molecule has 0 saturated carbocycles. The Bertz CT molecular complexity index is 1190. The van der Waals surface area contributed by atoms with Crippen LogP contribution in [0.1, 0.15) is 27.3 Å². The highest BCUT2D eigenvalue weighted by Gasteiger charge is 2.32. The van der Waals surface area contributed by atoms with Gasteiger partial charge in [0, 0.05) is 13.6 Å². The van der Waals surface area contributed by atoms with Crippen molar-refractivity contribution in [3.8, 4) is 5.69 Å². The van der Waals surface area contributed by atoms with Crippen LogP contribution in [0.5, 0.6) is 0 Å². The lowest BCUT2D eigenvalue weighted by molar-refractivity contribution is 0.0787. The van der Waals surface area contributed by atoms with E-state index >= 15 is 0 Å². The number of amidine groups is 1. The Hall–Kier alpha value is -3.36. The van der Waals surface area contributed by atoms with E-state index < -0.39 is 0 Å². The van der Waals surface area contributed by atoms with Gasteiger partial charge in [-0.1, -0.05) is 53.2 Å². The summed E-state index contributed by atoms with van der Waals surface area (Å²) in [6.07, 6.45) is 1.72. The van der Waals surface area contributed by atoms with Crippen molar-refractivity contribution in [3.05, 3.63) is 82.4 Å². The molecule has 3 aromatic rings. The maximum absolute atomic E-state index is 13.0. The molecule has 5 rings (SSSR count). The van der Waals surface area contributed by atoms with Crippen molar-refractivity contribution in [2.24, 2.45) is 5.16 Å². The molecule has 0 aliphatic carbocycles. The Morgan fingerprint density at radius 1 is 1.16 bits per heavy atom. The lowest BCUT2D eigenvalue weighted by Gasteiger charge is -2.25. The van der Waals surface area contributed by atoms with Crippen molar-refractivity contribution in [2.75, 3.05) is 27.5 Å². The molecule has 0 saturated heterocycles. The van der Waals surface area contributed by atoms with E-state index in [2.05, 4.69) is 34.2 Å². The third kappa shape index (κ3) is 3.61. The quantitative estimate of drug-likeness (QED) is 0.597. The van der Waals surface area contributed by atoms with Crippen molar-refractivity contribution in [1.29, 1.82) is 0 Å². The highest BCUT2D eigenvalue weighted by atomic mass is 35.5. The van der Waals surface area contributed by atoms with Gasteiger partial charge in [0.2, 0.25) is 0 Å². The number of benzene rings is 2. The first-order chi connectivity index (χ1) is 15.5. The lowest BCUT2D eigenvalue weighted by atomic mass is 10.1. The first-order valence-corrected chi connectivity index (χ1v) is 10.7. The second-order valence-corrected chi connectivity index (χ2v) is 8.47. The van der Waals surface area contributed by atoms with Crippen LogP contribution in [0.15, 0.2) is 60.0 Å². The molecule has 1 amide bonds. The summed E-state index contributed by atoms with van der Waals surface area (Å²) in [6.45, 7) is 2.15. The predicted octanol–water partition coefficient (Wildman–Crippen LogP) is 3.15. The van der Waals surface area contributed by atoms with Crippen LogP contribution in [0, 0.1) is 0 Å². The zero-order valence-electron chi connectivity index (χ0n) is 17.9. The van der Waals surface area contributed by atoms with Crippen LogP contribution in [0.4, 0.5) is 0 Å². The maximum atomic E-state index is 13.0. The van der Waals surface area contributed by atoms with Gasteiger partial charge in [0.15, 0.2) is 12.6 Å². The number of aromatic nitrogens is 2. The monoisotopic (exact) mass is 450 g/mol. The molecule has 2 aliphatic rings. The fourth-order valence-electron chi connectivity index (χ4n) is 4.15. The number of carbonyl (C=O) groups is 1. The van der Waals surface area contributed by atoms with Crippen LogP contribution in [0.25, 0.3) is 5.69 Å². The van der Waals surface area contributed by atoms with E-state index in [0.717, 1.165) is 12.2 Å². The first kappa shape index (κ1) is 20.5. The molecule has 0 fully saturated rings. The predicted molar refractivity (Wildman–Crippen MR) is 121 cm³/mol. The average Bonchev–Trinajstić information content (AvgIpc) is 3.37. The normalized spacial score (nSPS) is 15.4. The molecule has 0 N–H and O–H groups in total. The summed E-state index contributed by atoms with van der Waals surface area (Å²) in [6, 6.07) is 15.8. The SMILES string of the molecule is CN(Cc1ccccc1)CN1CON=C1c1ncn2c1CN(C)C(=O)c1c(Cl)cccc1-2. The van der Waals surface area contributed by atoms with Crippen molar-refractivity contribution >= 4 is 23.3 Å². The molecular weight excluding hydrogens is 428 g/mol. The lowest BCUT2D eigenvalue weighted by Crippen LogP contribution is -2.38. The standard InChI is InChI=1S/C23H23ClN6O2/c1-27(11-16-7-4-3-5-8-16)14-29-15-32-26-22(29)21-19-12-28(2)23(31)20-17(24)9-6-10-18(20)30(19)13-25-21/h3-10,13H,11-12,14-15H2,1-2H3. The molecule has 2 aliphatic heterocycles. The fourth-order valence-corrected chi connectivity index (χ4v) is 4.40. The van der Waals surface area contributed by atoms with Gasteiger partial charge < -0.3 is 14.6 Å². The van der Waals surface area contributed by atoms with E-state index in [-0.39, 0.29) is 5.91 Å². The number of amides is 1. The van der Waals surface area contributed by atoms with Gasteiger partial charge in [0.05, 0.1) is 35.2 Å². The summed E-state index contributed by atoms with van der Waals surface area (Å²) in [7, 11) is 3.82. The van der Waals surface area contributed by atoms with Crippen molar-refractivity contribution < 1.29 is 9.63 Å². The van der Waals surface area contributed by atoms with Crippen LogP contribution in [-0.4, -0.2) is 63.5 Å². The number of carbonyl (C=O) groups excluding carboxylic acids is 1. The number of nitrogens with zero attached hydrogens (tertiary/aromatic N) is 6. The molecule has 0 unspecified atom stereocenters. The number of imidazole rings is 1. The highest BCUT2D eigenvalue weighted by Crippen LogP contribution is 2.31. The van der Waals surface area contributed by atoms with Gasteiger partial charge in [0.1, 0.15) is 12.0 Å². The Morgan fingerprint density at radius 3 is 2.78 bits per heavy atom. The zero-order chi connectivity index (χ0) is 22.2. The Labute approximate surface area is 191 Å². The number of rotatable bonds is 5. The van der Waals surface area contributed by atoms with E-state index in [1.54, 1.807) is 24.3 Å². The molecule has 8 nitrogen and oxygen atoms in total. The van der Waals surface area contributed by atoms with E-state index in [9.17, 15) is 4.79 Å². The molecule has 164 valence electrons. The summed E-state index contributed by atoms with van der Waals surface area (Å²) in [4.78, 5) is 29.0. The van der Waals surface area contributed by atoms with Crippen LogP contribution in [-0.2, 0) is 17.9 Å². The molecule has 0 bridgehead atoms. The average molecular weight is 451 g/mol. The fraction of sp³-hybridized carbons (Fsp3) is 0.261. The number of hydrogen-bond donors (Lipinski definition) is 0. The van der Waals surface area contributed by atoms with E-state index in [1.807, 2.05) is 39.8 Å². The summed E-state index contributed by atoms with van der Waals surface area (Å²) < 4.78 is 1.92. The maximum Gasteiger partial charge on any atom is 0.257 e. The van der Waals surface area contributed by atoms with Crippen molar-refractivity contribution in [3.63, 3.8) is 0 Å². The van der Waals surface area contributed by atoms with Crippen LogP contribution < -0.4 is 0 Å². The van der Waals surface area contributed by atoms with Gasteiger partial charge >= 0.3 is 0 Å². The van der Waals surface area contributed by atoms with Crippen LogP contribution >= 0.6 is 11.6 Å². The van der Waals surface area contributed by atoms with Crippen molar-refractivity contribution in [2.45, 2.75) is 13.1 Å². The molecule has 0 radical (unpaired) electrons. The Morgan fingerprint density at radius 2 is 1.97 bits per heavy atom. The van der Waals surface area contributed by atoms with E-state index in [1.165, 1.54) is 5.56 Å². The number of fused-ring (bicyclic) bond motifs is 3. The third-order valence-electron chi connectivity index (χ3n) is 5.65. The molecule has 1 aromatic heterocycles. The van der Waals surface area contributed by atoms with Gasteiger partial charge in [-0.2, -0.15) is 0 Å². The molecule has 3 heterocycles. The van der Waals surface area contributed by atoms with Crippen molar-refractivity contribution in [1.82, 2.24) is 24.3 Å². The molecule has 32 heavy (non-hydrogen) atoms. The third-order valence-corrected chi connectivity index (χ3v) is 5.96. The van der Waals surface area contributed by atoms with Gasteiger partial charge in [-0.05, 0) is 24.7 Å². The zero-order valence-corrected chi connectivity index (χ0v) is 18.7. The highest BCUT2D eigenvalue weighted by molar-refractivity contribution is 6.34. The van der Waals surface area contributed by atoms with Gasteiger partial charge in [-0.25, -0.2) is 4.98 Å². The Balaban J connectivity index is 1.45. The molecule has 9 heteroatoms. The minimum Gasteiger partial charge on any atom is -0.372 e. The summed E-state index contributed by atoms with van der Waals surface area (Å²) >= 11 is 6.38. The first-order valence-electron chi connectivity index (χ1n) is 10.3. The van der Waals surface area contributed by atoms with Gasteiger partial charge in [-0.3, -0.25) is 14.3 Å².